The zero-order valence-electron chi connectivity index (χ0n) is 18.5. The lowest BCUT2D eigenvalue weighted by molar-refractivity contribution is -0.139. The Hall–Kier alpha value is -1.69. The van der Waals surface area contributed by atoms with Crippen LogP contribution in [0.3, 0.4) is 0 Å². The van der Waals surface area contributed by atoms with E-state index in [2.05, 4.69) is 5.32 Å². The molecule has 0 heterocycles. The Labute approximate surface area is 199 Å². The summed E-state index contributed by atoms with van der Waals surface area (Å²) in [6.45, 7) is 8.17. The average molecular weight is 481 g/mol. The van der Waals surface area contributed by atoms with Crippen molar-refractivity contribution in [3.8, 4) is 0 Å². The maximum Gasteiger partial charge on any atom is 0.243 e. The minimum Gasteiger partial charge on any atom is -0.352 e. The Morgan fingerprint density at radius 3 is 2.32 bits per heavy atom. The van der Waals surface area contributed by atoms with Crippen LogP contribution in [0.4, 0.5) is 0 Å². The van der Waals surface area contributed by atoms with Crippen molar-refractivity contribution in [1.82, 2.24) is 10.2 Å². The van der Waals surface area contributed by atoms with Gasteiger partial charge in [0.05, 0.1) is 5.75 Å². The predicted octanol–water partition coefficient (Wildman–Crippen LogP) is 5.87. The summed E-state index contributed by atoms with van der Waals surface area (Å²) in [6.07, 6.45) is 0.539. The highest BCUT2D eigenvalue weighted by Crippen LogP contribution is 2.28. The van der Waals surface area contributed by atoms with Crippen LogP contribution in [0.2, 0.25) is 10.0 Å². The Kier molecular flexibility index (Phi) is 10.2. The van der Waals surface area contributed by atoms with Crippen molar-refractivity contribution in [2.24, 2.45) is 0 Å². The number of carbonyl (C=O) groups is 2. The van der Waals surface area contributed by atoms with Crippen LogP contribution in [0.25, 0.3) is 0 Å². The number of nitrogens with zero attached hydrogens (tertiary/aromatic N) is 1. The minimum atomic E-state index is -0.528. The SMILES string of the molecule is CCC(C(=O)NC(C)C)N(Cc1cccc(C)c1)C(=O)CSCc1c(Cl)cccc1Cl. The normalized spacial score (nSPS) is 12.0. The van der Waals surface area contributed by atoms with Crippen molar-refractivity contribution in [2.45, 2.75) is 58.5 Å². The van der Waals surface area contributed by atoms with Crippen molar-refractivity contribution in [2.75, 3.05) is 5.75 Å². The molecule has 0 bridgehead atoms. The van der Waals surface area contributed by atoms with Gasteiger partial charge in [-0.1, -0.05) is 66.0 Å². The maximum absolute atomic E-state index is 13.2. The molecular formula is C24H30Cl2N2O2S. The largest absolute Gasteiger partial charge is 0.352 e. The van der Waals surface area contributed by atoms with Gasteiger partial charge in [0.15, 0.2) is 0 Å². The molecule has 1 atom stereocenters. The average Bonchev–Trinajstić information content (AvgIpc) is 2.69. The van der Waals surface area contributed by atoms with Gasteiger partial charge in [-0.05, 0) is 50.5 Å². The summed E-state index contributed by atoms with van der Waals surface area (Å²) in [5.74, 6) is 0.550. The molecule has 31 heavy (non-hydrogen) atoms. The monoisotopic (exact) mass is 480 g/mol. The van der Waals surface area contributed by atoms with E-state index in [-0.39, 0.29) is 23.6 Å². The molecule has 0 aliphatic carbocycles. The minimum absolute atomic E-state index is 0.00853. The van der Waals surface area contributed by atoms with Crippen molar-refractivity contribution in [3.63, 3.8) is 0 Å². The number of hydrogen-bond acceptors (Lipinski definition) is 3. The van der Waals surface area contributed by atoms with Crippen LogP contribution in [0, 0.1) is 6.92 Å². The highest BCUT2D eigenvalue weighted by atomic mass is 35.5. The molecule has 1 unspecified atom stereocenters. The Morgan fingerprint density at radius 1 is 1.10 bits per heavy atom. The van der Waals surface area contributed by atoms with Crippen LogP contribution in [-0.2, 0) is 21.9 Å². The van der Waals surface area contributed by atoms with Gasteiger partial charge >= 0.3 is 0 Å². The molecule has 2 aromatic carbocycles. The smallest absolute Gasteiger partial charge is 0.243 e. The lowest BCUT2D eigenvalue weighted by atomic mass is 10.1. The van der Waals surface area contributed by atoms with Crippen LogP contribution in [-0.4, -0.2) is 34.6 Å². The Balaban J connectivity index is 2.17. The first kappa shape index (κ1) is 25.6. The van der Waals surface area contributed by atoms with E-state index in [0.717, 1.165) is 16.7 Å². The molecule has 0 fully saturated rings. The quantitative estimate of drug-likeness (QED) is 0.462. The molecule has 0 aliphatic rings. The molecule has 4 nitrogen and oxygen atoms in total. The highest BCUT2D eigenvalue weighted by Gasteiger charge is 2.29. The topological polar surface area (TPSA) is 49.4 Å². The van der Waals surface area contributed by atoms with E-state index in [1.54, 1.807) is 23.1 Å². The number of rotatable bonds is 10. The first-order valence-corrected chi connectivity index (χ1v) is 12.3. The van der Waals surface area contributed by atoms with E-state index in [1.807, 2.05) is 52.0 Å². The standard InChI is InChI=1S/C24H30Cl2N2O2S/c1-5-22(24(30)27-16(2)3)28(13-18-9-6-8-17(4)12-18)23(29)15-31-14-19-20(25)10-7-11-21(19)26/h6-12,16,22H,5,13-15H2,1-4H3,(H,27,30). The fourth-order valence-corrected chi connectivity index (χ4v) is 4.95. The summed E-state index contributed by atoms with van der Waals surface area (Å²) in [5.41, 5.74) is 2.94. The van der Waals surface area contributed by atoms with E-state index in [0.29, 0.717) is 28.8 Å². The van der Waals surface area contributed by atoms with Gasteiger partial charge in [0.25, 0.3) is 0 Å². The van der Waals surface area contributed by atoms with E-state index in [9.17, 15) is 9.59 Å². The van der Waals surface area contributed by atoms with Crippen molar-refractivity contribution in [1.29, 1.82) is 0 Å². The molecule has 1 N–H and O–H groups in total. The van der Waals surface area contributed by atoms with Crippen LogP contribution in [0.15, 0.2) is 42.5 Å². The van der Waals surface area contributed by atoms with Gasteiger partial charge in [-0.3, -0.25) is 9.59 Å². The first-order valence-electron chi connectivity index (χ1n) is 10.4. The van der Waals surface area contributed by atoms with E-state index < -0.39 is 6.04 Å². The molecule has 0 saturated heterocycles. The van der Waals surface area contributed by atoms with Crippen LogP contribution in [0.1, 0.15) is 43.9 Å². The van der Waals surface area contributed by atoms with Gasteiger partial charge in [-0.2, -0.15) is 0 Å². The number of hydrogen-bond donors (Lipinski definition) is 1. The van der Waals surface area contributed by atoms with Crippen molar-refractivity contribution < 1.29 is 9.59 Å². The summed E-state index contributed by atoms with van der Waals surface area (Å²) in [4.78, 5) is 27.8. The highest BCUT2D eigenvalue weighted by molar-refractivity contribution is 7.99. The van der Waals surface area contributed by atoms with Crippen molar-refractivity contribution >= 4 is 46.8 Å². The van der Waals surface area contributed by atoms with Crippen LogP contribution < -0.4 is 5.32 Å². The molecule has 2 amide bonds. The number of amides is 2. The fourth-order valence-electron chi connectivity index (χ4n) is 3.30. The van der Waals surface area contributed by atoms with E-state index in [1.165, 1.54) is 11.8 Å². The molecule has 0 radical (unpaired) electrons. The summed E-state index contributed by atoms with van der Waals surface area (Å²) in [7, 11) is 0. The molecule has 7 heteroatoms. The number of nitrogens with one attached hydrogen (secondary N) is 1. The summed E-state index contributed by atoms with van der Waals surface area (Å²) in [5, 5.41) is 4.13. The molecular weight excluding hydrogens is 451 g/mol. The molecule has 0 aromatic heterocycles. The Morgan fingerprint density at radius 2 is 1.74 bits per heavy atom. The number of aryl methyl sites for hydroxylation is 1. The van der Waals surface area contributed by atoms with Gasteiger partial charge in [-0.25, -0.2) is 0 Å². The van der Waals surface area contributed by atoms with Gasteiger partial charge in [-0.15, -0.1) is 11.8 Å². The lowest BCUT2D eigenvalue weighted by Crippen LogP contribution is -2.50. The molecule has 2 aromatic rings. The zero-order valence-corrected chi connectivity index (χ0v) is 20.8. The second-order valence-corrected chi connectivity index (χ2v) is 9.59. The first-order chi connectivity index (χ1) is 14.7. The Bertz CT molecular complexity index is 885. The fraction of sp³-hybridized carbons (Fsp3) is 0.417. The molecule has 2 rings (SSSR count). The van der Waals surface area contributed by atoms with Gasteiger partial charge in [0.1, 0.15) is 6.04 Å². The summed E-state index contributed by atoms with van der Waals surface area (Å²) in [6, 6.07) is 12.9. The van der Waals surface area contributed by atoms with E-state index in [4.69, 9.17) is 23.2 Å². The second-order valence-electron chi connectivity index (χ2n) is 7.79. The third-order valence-corrected chi connectivity index (χ3v) is 6.44. The lowest BCUT2D eigenvalue weighted by Gasteiger charge is -2.31. The zero-order chi connectivity index (χ0) is 23.0. The van der Waals surface area contributed by atoms with E-state index >= 15 is 0 Å². The van der Waals surface area contributed by atoms with Gasteiger partial charge < -0.3 is 10.2 Å². The summed E-state index contributed by atoms with van der Waals surface area (Å²) < 4.78 is 0. The van der Waals surface area contributed by atoms with Crippen LogP contribution in [0.5, 0.6) is 0 Å². The molecule has 0 saturated carbocycles. The molecule has 0 aliphatic heterocycles. The molecule has 0 spiro atoms. The summed E-state index contributed by atoms with van der Waals surface area (Å²) >= 11 is 13.9. The third kappa shape index (κ3) is 7.74. The maximum atomic E-state index is 13.2. The number of thioether (sulfide) groups is 1. The second kappa shape index (κ2) is 12.4. The molecule has 168 valence electrons. The van der Waals surface area contributed by atoms with Crippen LogP contribution >= 0.6 is 35.0 Å². The predicted molar refractivity (Wildman–Crippen MR) is 132 cm³/mol. The van der Waals surface area contributed by atoms with Gasteiger partial charge in [0, 0.05) is 28.4 Å². The number of carbonyl (C=O) groups excluding carboxylic acids is 2. The number of halogens is 2. The third-order valence-electron chi connectivity index (χ3n) is 4.79. The van der Waals surface area contributed by atoms with Gasteiger partial charge in [0.2, 0.25) is 11.8 Å². The van der Waals surface area contributed by atoms with Crippen molar-refractivity contribution in [3.05, 3.63) is 69.2 Å². The number of benzene rings is 2.